The average Bonchev–Trinajstić information content (AvgIpc) is 3.14. The summed E-state index contributed by atoms with van der Waals surface area (Å²) in [5, 5.41) is 13.8. The number of hydrogen-bond acceptors (Lipinski definition) is 4. The summed E-state index contributed by atoms with van der Waals surface area (Å²) < 4.78 is 7.87. The lowest BCUT2D eigenvalue weighted by Crippen LogP contribution is -2.26. The zero-order chi connectivity index (χ0) is 19.6. The van der Waals surface area contributed by atoms with Gasteiger partial charge in [-0.2, -0.15) is 0 Å². The molecule has 0 amide bonds. The molecule has 28 heavy (non-hydrogen) atoms. The number of fused-ring (bicyclic) bond motifs is 1. The SMILES string of the molecule is CC1COc2c(-c3cc(Cl)c4c(c3)CNC4)ccc3c(=O)c(C(=O)O)cn1c23. The zero-order valence-corrected chi connectivity index (χ0v) is 15.8. The fourth-order valence-electron chi connectivity index (χ4n) is 4.10. The molecular formula is C21H17ClN2O4. The lowest BCUT2D eigenvalue weighted by molar-refractivity contribution is 0.0694. The van der Waals surface area contributed by atoms with E-state index in [0.717, 1.165) is 35.3 Å². The lowest BCUT2D eigenvalue weighted by Gasteiger charge is -2.28. The molecule has 2 aromatic carbocycles. The Morgan fingerprint density at radius 3 is 2.93 bits per heavy atom. The van der Waals surface area contributed by atoms with Gasteiger partial charge < -0.3 is 19.7 Å². The molecule has 5 rings (SSSR count). The maximum absolute atomic E-state index is 12.7. The highest BCUT2D eigenvalue weighted by molar-refractivity contribution is 6.31. The Kier molecular flexibility index (Phi) is 3.76. The summed E-state index contributed by atoms with van der Waals surface area (Å²) in [7, 11) is 0. The maximum atomic E-state index is 12.7. The van der Waals surface area contributed by atoms with Crippen molar-refractivity contribution in [2.24, 2.45) is 0 Å². The van der Waals surface area contributed by atoms with Gasteiger partial charge in [0.05, 0.1) is 16.9 Å². The van der Waals surface area contributed by atoms with E-state index in [-0.39, 0.29) is 11.6 Å². The van der Waals surface area contributed by atoms with Crippen molar-refractivity contribution in [2.75, 3.05) is 6.61 Å². The fourth-order valence-corrected chi connectivity index (χ4v) is 4.41. The third-order valence-corrected chi connectivity index (χ3v) is 5.87. The van der Waals surface area contributed by atoms with Gasteiger partial charge in [0.15, 0.2) is 5.75 Å². The van der Waals surface area contributed by atoms with E-state index in [0.29, 0.717) is 28.3 Å². The van der Waals surface area contributed by atoms with E-state index in [1.165, 1.54) is 6.20 Å². The van der Waals surface area contributed by atoms with Gasteiger partial charge in [0.1, 0.15) is 12.2 Å². The van der Waals surface area contributed by atoms with Crippen molar-refractivity contribution in [3.8, 4) is 16.9 Å². The van der Waals surface area contributed by atoms with Crippen molar-refractivity contribution >= 4 is 28.5 Å². The van der Waals surface area contributed by atoms with Crippen LogP contribution in [0.1, 0.15) is 34.5 Å². The fraction of sp³-hybridized carbons (Fsp3) is 0.238. The van der Waals surface area contributed by atoms with Crippen molar-refractivity contribution < 1.29 is 14.6 Å². The largest absolute Gasteiger partial charge is 0.489 e. The average molecular weight is 397 g/mol. The van der Waals surface area contributed by atoms with Crippen LogP contribution in [0.2, 0.25) is 5.02 Å². The van der Waals surface area contributed by atoms with E-state index in [4.69, 9.17) is 16.3 Å². The number of nitrogens with one attached hydrogen (secondary N) is 1. The van der Waals surface area contributed by atoms with Crippen LogP contribution in [0.25, 0.3) is 22.0 Å². The number of aromatic nitrogens is 1. The summed E-state index contributed by atoms with van der Waals surface area (Å²) >= 11 is 6.49. The van der Waals surface area contributed by atoms with Gasteiger partial charge in [-0.1, -0.05) is 11.6 Å². The molecule has 0 saturated carbocycles. The van der Waals surface area contributed by atoms with E-state index in [1.54, 1.807) is 6.07 Å². The molecule has 0 radical (unpaired) electrons. The van der Waals surface area contributed by atoms with Gasteiger partial charge in [-0.25, -0.2) is 4.79 Å². The maximum Gasteiger partial charge on any atom is 0.341 e. The third kappa shape index (κ3) is 2.38. The molecule has 2 aliphatic heterocycles. The molecule has 2 N–H and O–H groups in total. The molecule has 2 aliphatic rings. The highest BCUT2D eigenvalue weighted by atomic mass is 35.5. The van der Waals surface area contributed by atoms with Crippen LogP contribution in [0.3, 0.4) is 0 Å². The molecule has 7 heteroatoms. The van der Waals surface area contributed by atoms with Gasteiger partial charge in [-0.05, 0) is 47.9 Å². The number of ether oxygens (including phenoxy) is 1. The number of carboxylic acids is 1. The van der Waals surface area contributed by atoms with Crippen LogP contribution in [-0.4, -0.2) is 22.2 Å². The number of pyridine rings is 1. The van der Waals surface area contributed by atoms with Gasteiger partial charge in [-0.15, -0.1) is 0 Å². The molecule has 1 aromatic heterocycles. The minimum atomic E-state index is -1.22. The number of halogens is 1. The Morgan fingerprint density at radius 1 is 1.32 bits per heavy atom. The first-order valence-corrected chi connectivity index (χ1v) is 9.44. The highest BCUT2D eigenvalue weighted by Crippen LogP contribution is 2.42. The monoisotopic (exact) mass is 396 g/mol. The van der Waals surface area contributed by atoms with Gasteiger partial charge in [-0.3, -0.25) is 4.79 Å². The summed E-state index contributed by atoms with van der Waals surface area (Å²) in [5.41, 5.74) is 3.91. The van der Waals surface area contributed by atoms with E-state index in [9.17, 15) is 14.7 Å². The molecule has 0 spiro atoms. The summed E-state index contributed by atoms with van der Waals surface area (Å²) in [6.45, 7) is 3.84. The van der Waals surface area contributed by atoms with E-state index in [1.807, 2.05) is 23.6 Å². The standard InChI is InChI=1S/C21H17ClN2O4/c1-10-9-28-20-13(11-4-12-6-23-7-15(12)17(22)5-11)2-3-14-18(20)24(10)8-16(19(14)25)21(26)27/h2-5,8,10,23H,6-7,9H2,1H3,(H,26,27). The van der Waals surface area contributed by atoms with Crippen LogP contribution >= 0.6 is 11.6 Å². The second kappa shape index (κ2) is 6.09. The number of rotatable bonds is 2. The van der Waals surface area contributed by atoms with Crippen molar-refractivity contribution in [2.45, 2.75) is 26.1 Å². The van der Waals surface area contributed by atoms with Crippen LogP contribution in [0, 0.1) is 0 Å². The summed E-state index contributed by atoms with van der Waals surface area (Å²) in [4.78, 5) is 24.2. The number of carbonyl (C=O) groups is 1. The van der Waals surface area contributed by atoms with Crippen molar-refractivity contribution in [3.05, 3.63) is 62.4 Å². The minimum Gasteiger partial charge on any atom is -0.489 e. The van der Waals surface area contributed by atoms with Crippen LogP contribution in [-0.2, 0) is 13.1 Å². The number of benzene rings is 2. The van der Waals surface area contributed by atoms with Crippen LogP contribution < -0.4 is 15.5 Å². The number of aromatic carboxylic acids is 1. The Balaban J connectivity index is 1.83. The van der Waals surface area contributed by atoms with Gasteiger partial charge in [0, 0.05) is 29.9 Å². The Labute approximate surface area is 165 Å². The summed E-state index contributed by atoms with van der Waals surface area (Å²) in [5.74, 6) is -0.635. The van der Waals surface area contributed by atoms with Crippen LogP contribution in [0.15, 0.2) is 35.3 Å². The molecule has 0 aliphatic carbocycles. The molecular weight excluding hydrogens is 380 g/mol. The molecule has 3 heterocycles. The summed E-state index contributed by atoms with van der Waals surface area (Å²) in [6, 6.07) is 7.41. The normalized spacial score (nSPS) is 17.4. The second-order valence-electron chi connectivity index (χ2n) is 7.28. The smallest absolute Gasteiger partial charge is 0.341 e. The van der Waals surface area contributed by atoms with Crippen molar-refractivity contribution in [3.63, 3.8) is 0 Å². The summed E-state index contributed by atoms with van der Waals surface area (Å²) in [6.07, 6.45) is 1.42. The first kappa shape index (κ1) is 17.3. The molecule has 0 fully saturated rings. The second-order valence-corrected chi connectivity index (χ2v) is 7.69. The third-order valence-electron chi connectivity index (χ3n) is 5.54. The molecule has 3 aromatic rings. The van der Waals surface area contributed by atoms with Gasteiger partial charge >= 0.3 is 5.97 Å². The highest BCUT2D eigenvalue weighted by Gasteiger charge is 2.26. The first-order chi connectivity index (χ1) is 13.5. The van der Waals surface area contributed by atoms with Crippen LogP contribution in [0.4, 0.5) is 0 Å². The van der Waals surface area contributed by atoms with E-state index >= 15 is 0 Å². The molecule has 6 nitrogen and oxygen atoms in total. The van der Waals surface area contributed by atoms with E-state index in [2.05, 4.69) is 11.4 Å². The number of carboxylic acid groups (broad SMARTS) is 1. The van der Waals surface area contributed by atoms with Crippen LogP contribution in [0.5, 0.6) is 5.75 Å². The number of nitrogens with zero attached hydrogens (tertiary/aromatic N) is 1. The Bertz CT molecular complexity index is 1230. The Morgan fingerprint density at radius 2 is 2.14 bits per heavy atom. The molecule has 0 bridgehead atoms. The van der Waals surface area contributed by atoms with Crippen molar-refractivity contribution in [1.82, 2.24) is 9.88 Å². The van der Waals surface area contributed by atoms with Gasteiger partial charge in [0.25, 0.3) is 0 Å². The Hall–Kier alpha value is -2.83. The predicted molar refractivity (Wildman–Crippen MR) is 106 cm³/mol. The van der Waals surface area contributed by atoms with Crippen molar-refractivity contribution in [1.29, 1.82) is 0 Å². The minimum absolute atomic E-state index is 0.0863. The van der Waals surface area contributed by atoms with Gasteiger partial charge in [0.2, 0.25) is 5.43 Å². The van der Waals surface area contributed by atoms with E-state index < -0.39 is 11.4 Å². The topological polar surface area (TPSA) is 80.6 Å². The molecule has 142 valence electrons. The first-order valence-electron chi connectivity index (χ1n) is 9.06. The number of hydrogen-bond donors (Lipinski definition) is 2. The predicted octanol–water partition coefficient (Wildman–Crippen LogP) is 3.58. The zero-order valence-electron chi connectivity index (χ0n) is 15.1. The molecule has 1 atom stereocenters. The quantitative estimate of drug-likeness (QED) is 0.692. The lowest BCUT2D eigenvalue weighted by atomic mass is 9.97. The molecule has 0 saturated heterocycles. The molecule has 1 unspecified atom stereocenters.